The quantitative estimate of drug-likeness (QED) is 0.0881. The summed E-state index contributed by atoms with van der Waals surface area (Å²) in [5.41, 5.74) is 0.917. The molecule has 10 rings (SSSR count). The number of halogens is 2. The standard InChI is InChI=1S/2C20H22FN7O3/c2*1-22-17-8-16(24-13-3-2-6-27(20(13)31)14-7-11(14)21)26-18-10(9-23-28(17)18)19(30)25-12-4-5-15(12)29/h2*2-3,6,8-9,11-12,14-15,22,29H,4-5,7H2,1H3,(H,24,26)(H,25,30)/t11-,12+,14-,15-;11-,12-,14-,15+/m00/s1. The zero-order valence-corrected chi connectivity index (χ0v) is 33.5. The molecule has 4 aliphatic rings. The van der Waals surface area contributed by atoms with Gasteiger partial charge in [-0.3, -0.25) is 19.2 Å². The Labute approximate surface area is 350 Å². The average Bonchev–Trinajstić information content (AvgIpc) is 4.06. The highest BCUT2D eigenvalue weighted by Crippen LogP contribution is 2.39. The van der Waals surface area contributed by atoms with E-state index in [1.165, 1.54) is 30.6 Å². The minimum atomic E-state index is -1.000. The van der Waals surface area contributed by atoms with E-state index < -0.39 is 36.6 Å². The van der Waals surface area contributed by atoms with Crippen LogP contribution in [0.25, 0.3) is 11.3 Å². The molecule has 0 spiro atoms. The summed E-state index contributed by atoms with van der Waals surface area (Å²) in [5, 5.41) is 45.5. The largest absolute Gasteiger partial charge is 0.391 e. The van der Waals surface area contributed by atoms with Crippen molar-refractivity contribution in [1.82, 2.24) is 49.0 Å². The average molecular weight is 855 g/mol. The molecule has 0 aromatic carbocycles. The molecule has 0 radical (unpaired) electrons. The van der Waals surface area contributed by atoms with Crippen LogP contribution in [0.1, 0.15) is 71.3 Å². The molecular weight excluding hydrogens is 811 g/mol. The van der Waals surface area contributed by atoms with Crippen LogP contribution in [0.2, 0.25) is 0 Å². The van der Waals surface area contributed by atoms with Gasteiger partial charge in [0, 0.05) is 51.5 Å². The molecule has 6 heterocycles. The summed E-state index contributed by atoms with van der Waals surface area (Å²) in [6.45, 7) is 0. The van der Waals surface area contributed by atoms with E-state index in [9.17, 15) is 38.2 Å². The lowest BCUT2D eigenvalue weighted by Crippen LogP contribution is -2.50. The predicted octanol–water partition coefficient (Wildman–Crippen LogP) is 2.42. The van der Waals surface area contributed by atoms with Crippen LogP contribution < -0.4 is 43.0 Å². The fourth-order valence-corrected chi connectivity index (χ4v) is 7.41. The van der Waals surface area contributed by atoms with Crippen molar-refractivity contribution in [3.05, 3.63) is 93.0 Å². The number of hydrogen-bond donors (Lipinski definition) is 8. The molecule has 8 atom stereocenters. The second-order valence-corrected chi connectivity index (χ2v) is 15.7. The smallest absolute Gasteiger partial charge is 0.274 e. The number of fused-ring (bicyclic) bond motifs is 2. The Bertz CT molecular complexity index is 2640. The first-order valence-corrected chi connectivity index (χ1v) is 20.3. The molecule has 0 unspecified atom stereocenters. The second-order valence-electron chi connectivity index (χ2n) is 15.7. The van der Waals surface area contributed by atoms with Crippen molar-refractivity contribution in [2.75, 3.05) is 35.4 Å². The molecule has 62 heavy (non-hydrogen) atoms. The Morgan fingerprint density at radius 2 is 1.08 bits per heavy atom. The van der Waals surface area contributed by atoms with Gasteiger partial charge in [0.25, 0.3) is 22.9 Å². The number of carbonyl (C=O) groups excluding carboxylic acids is 2. The van der Waals surface area contributed by atoms with Gasteiger partial charge in [0.1, 0.15) is 58.1 Å². The number of carbonyl (C=O) groups is 2. The lowest BCUT2D eigenvalue weighted by molar-refractivity contribution is 0.0448. The molecule has 0 saturated heterocycles. The van der Waals surface area contributed by atoms with E-state index in [1.54, 1.807) is 62.9 Å². The number of anilines is 6. The van der Waals surface area contributed by atoms with E-state index in [-0.39, 0.29) is 57.5 Å². The van der Waals surface area contributed by atoms with Gasteiger partial charge in [-0.25, -0.2) is 18.7 Å². The summed E-state index contributed by atoms with van der Waals surface area (Å²) in [5.74, 6) is 1.01. The maximum absolute atomic E-state index is 13.4. The SMILES string of the molecule is CNc1cc(Nc2cccn([C@H]3C[C@@H]3F)c2=O)nc2c(C(=O)N[C@@H]3CC[C@@H]3O)cnn12.CNc1cc(Nc2cccn([C@H]3C[C@@H]3F)c2=O)nc2c(C(=O)N[C@H]3CC[C@H]3O)cnn12. The van der Waals surface area contributed by atoms with Crippen LogP contribution in [0.4, 0.5) is 43.4 Å². The zero-order chi connectivity index (χ0) is 43.4. The Morgan fingerprint density at radius 1 is 0.677 bits per heavy atom. The van der Waals surface area contributed by atoms with E-state index in [0.717, 1.165) is 12.8 Å². The van der Waals surface area contributed by atoms with Crippen LogP contribution in [0.3, 0.4) is 0 Å². The topological polar surface area (TPSA) is 251 Å². The fourth-order valence-electron chi connectivity index (χ4n) is 7.41. The van der Waals surface area contributed by atoms with E-state index in [1.807, 2.05) is 0 Å². The van der Waals surface area contributed by atoms with Crippen LogP contribution in [-0.4, -0.2) is 111 Å². The normalized spacial score (nSPS) is 24.5. The minimum absolute atomic E-state index is 0.253. The number of nitrogens with one attached hydrogen (secondary N) is 6. The first kappa shape index (κ1) is 40.5. The van der Waals surface area contributed by atoms with Crippen molar-refractivity contribution in [2.24, 2.45) is 0 Å². The van der Waals surface area contributed by atoms with Gasteiger partial charge >= 0.3 is 0 Å². The number of hydrogen-bond acceptors (Lipinski definition) is 14. The van der Waals surface area contributed by atoms with Crippen molar-refractivity contribution >= 4 is 57.8 Å². The van der Waals surface area contributed by atoms with Gasteiger partial charge in [-0.15, -0.1) is 0 Å². The van der Waals surface area contributed by atoms with Crippen molar-refractivity contribution in [3.63, 3.8) is 0 Å². The first-order valence-electron chi connectivity index (χ1n) is 20.3. The monoisotopic (exact) mass is 854 g/mol. The minimum Gasteiger partial charge on any atom is -0.391 e. The van der Waals surface area contributed by atoms with E-state index in [4.69, 9.17) is 0 Å². The predicted molar refractivity (Wildman–Crippen MR) is 223 cm³/mol. The van der Waals surface area contributed by atoms with Gasteiger partial charge in [0.05, 0.1) is 48.8 Å². The van der Waals surface area contributed by atoms with Crippen molar-refractivity contribution < 1.29 is 28.6 Å². The van der Waals surface area contributed by atoms with Gasteiger partial charge in [-0.2, -0.15) is 19.2 Å². The maximum Gasteiger partial charge on any atom is 0.274 e. The lowest BCUT2D eigenvalue weighted by Gasteiger charge is -2.32. The molecule has 6 aromatic rings. The van der Waals surface area contributed by atoms with Gasteiger partial charge in [0.2, 0.25) is 0 Å². The van der Waals surface area contributed by atoms with Crippen molar-refractivity contribution in [2.45, 2.75) is 87.2 Å². The number of nitrogens with zero attached hydrogens (tertiary/aromatic N) is 8. The summed E-state index contributed by atoms with van der Waals surface area (Å²) >= 11 is 0. The molecular formula is C40H44F2N14O6. The highest BCUT2D eigenvalue weighted by atomic mass is 19.1. The molecule has 4 saturated carbocycles. The number of pyridine rings is 2. The molecule has 0 bridgehead atoms. The summed E-state index contributed by atoms with van der Waals surface area (Å²) in [4.78, 5) is 59.8. The fraction of sp³-hybridized carbons (Fsp3) is 0.400. The molecule has 0 aliphatic heterocycles. The van der Waals surface area contributed by atoms with Crippen LogP contribution in [0, 0.1) is 0 Å². The highest BCUT2D eigenvalue weighted by molar-refractivity contribution is 6.01. The third-order valence-electron chi connectivity index (χ3n) is 11.6. The van der Waals surface area contributed by atoms with Crippen LogP contribution in [-0.2, 0) is 0 Å². The van der Waals surface area contributed by atoms with Crippen molar-refractivity contribution in [1.29, 1.82) is 0 Å². The van der Waals surface area contributed by atoms with E-state index in [2.05, 4.69) is 52.1 Å². The maximum atomic E-state index is 13.4. The summed E-state index contributed by atoms with van der Waals surface area (Å²) in [7, 11) is 3.41. The molecule has 2 amide bonds. The van der Waals surface area contributed by atoms with Gasteiger partial charge in [-0.05, 0) is 49.9 Å². The summed E-state index contributed by atoms with van der Waals surface area (Å²) < 4.78 is 32.6. The van der Waals surface area contributed by atoms with Crippen LogP contribution >= 0.6 is 0 Å². The van der Waals surface area contributed by atoms with Crippen molar-refractivity contribution in [3.8, 4) is 0 Å². The molecule has 4 fully saturated rings. The van der Waals surface area contributed by atoms with Crippen LogP contribution in [0.5, 0.6) is 0 Å². The highest BCUT2D eigenvalue weighted by Gasteiger charge is 2.41. The zero-order valence-electron chi connectivity index (χ0n) is 33.5. The third-order valence-corrected chi connectivity index (χ3v) is 11.6. The lowest BCUT2D eigenvalue weighted by atomic mass is 9.89. The Hall–Kier alpha value is -6.94. The van der Waals surface area contributed by atoms with Crippen LogP contribution in [0.15, 0.2) is 70.8 Å². The summed E-state index contributed by atoms with van der Waals surface area (Å²) in [6.07, 6.45) is 6.31. The third kappa shape index (κ3) is 7.66. The van der Waals surface area contributed by atoms with Gasteiger partial charge in [-0.1, -0.05) is 0 Å². The Balaban J connectivity index is 0.000000158. The molecule has 6 aromatic heterocycles. The summed E-state index contributed by atoms with van der Waals surface area (Å²) in [6, 6.07) is 8.44. The Kier molecular flexibility index (Phi) is 10.5. The Morgan fingerprint density at radius 3 is 1.40 bits per heavy atom. The molecule has 20 nitrogen and oxygen atoms in total. The number of aliphatic hydroxyl groups is 2. The number of aliphatic hydroxyl groups excluding tert-OH is 2. The van der Waals surface area contributed by atoms with E-state index in [0.29, 0.717) is 60.2 Å². The number of alkyl halides is 2. The number of amides is 2. The van der Waals surface area contributed by atoms with E-state index >= 15 is 0 Å². The molecule has 324 valence electrons. The van der Waals surface area contributed by atoms with Gasteiger partial charge < -0.3 is 51.2 Å². The van der Waals surface area contributed by atoms with Gasteiger partial charge in [0.15, 0.2) is 11.3 Å². The first-order chi connectivity index (χ1) is 29.9. The molecule has 4 aliphatic carbocycles. The molecule has 8 N–H and O–H groups in total. The molecule has 22 heteroatoms. The number of aromatic nitrogens is 8. The second kappa shape index (κ2) is 16.2. The number of rotatable bonds is 12.